The summed E-state index contributed by atoms with van der Waals surface area (Å²) in [6.45, 7) is 7.24. The first-order valence-corrected chi connectivity index (χ1v) is 12.1. The maximum absolute atomic E-state index is 13.1. The Hall–Kier alpha value is -4.27. The van der Waals surface area contributed by atoms with Crippen LogP contribution in [-0.4, -0.2) is 55.4 Å². The fraction of sp³-hybridized carbons (Fsp3) is 0.345. The molecule has 0 bridgehead atoms. The Kier molecular flexibility index (Phi) is 9.17. The summed E-state index contributed by atoms with van der Waals surface area (Å²) in [4.78, 5) is 29.7. The minimum atomic E-state index is -1.02. The van der Waals surface area contributed by atoms with Gasteiger partial charge in [0.15, 0.2) is 17.2 Å². The summed E-state index contributed by atoms with van der Waals surface area (Å²) < 4.78 is 22.0. The van der Waals surface area contributed by atoms with Gasteiger partial charge in [-0.1, -0.05) is 24.3 Å². The molecular formula is C29H34N2O7. The highest BCUT2D eigenvalue weighted by atomic mass is 16.5. The van der Waals surface area contributed by atoms with Crippen LogP contribution >= 0.6 is 0 Å². The summed E-state index contributed by atoms with van der Waals surface area (Å²) in [6, 6.07) is 11.9. The molecule has 0 aliphatic heterocycles. The Labute approximate surface area is 222 Å². The third kappa shape index (κ3) is 5.82. The van der Waals surface area contributed by atoms with E-state index in [1.54, 1.807) is 14.2 Å². The van der Waals surface area contributed by atoms with Crippen molar-refractivity contribution >= 4 is 11.9 Å². The van der Waals surface area contributed by atoms with Gasteiger partial charge in [0.2, 0.25) is 0 Å². The fourth-order valence-electron chi connectivity index (χ4n) is 4.50. The van der Waals surface area contributed by atoms with Crippen LogP contribution in [0.3, 0.4) is 0 Å². The summed E-state index contributed by atoms with van der Waals surface area (Å²) >= 11 is 0. The van der Waals surface area contributed by atoms with Crippen LogP contribution in [0.2, 0.25) is 0 Å². The molecule has 2 atom stereocenters. The van der Waals surface area contributed by atoms with Gasteiger partial charge < -0.3 is 29.4 Å². The molecule has 9 nitrogen and oxygen atoms in total. The number of carbonyl (C=O) groups is 2. The lowest BCUT2D eigenvalue weighted by molar-refractivity contribution is -0.150. The zero-order valence-electron chi connectivity index (χ0n) is 22.7. The van der Waals surface area contributed by atoms with Gasteiger partial charge in [-0.25, -0.2) is 9.78 Å². The second-order valence-electron chi connectivity index (χ2n) is 8.87. The standard InChI is InChI=1S/C29H34N2O7/c1-16-20(10-8-12-22(16)35-5)25(21-11-9-13-23(36-6)17(21)2)19(4)38-29(34)18(3)31-28(33)26-27(32)24(37-7)14-15-30-26/h8-15,18-19,25,32H,1-7H3,(H,31,33)/t18-,19?/m0/s1. The number of carbonyl (C=O) groups excluding carboxylic acids is 2. The molecule has 38 heavy (non-hydrogen) atoms. The van der Waals surface area contributed by atoms with Crippen molar-refractivity contribution in [2.45, 2.75) is 45.8 Å². The van der Waals surface area contributed by atoms with Gasteiger partial charge in [0, 0.05) is 18.2 Å². The van der Waals surface area contributed by atoms with E-state index >= 15 is 0 Å². The number of aromatic nitrogens is 1. The third-order valence-electron chi connectivity index (χ3n) is 6.56. The zero-order chi connectivity index (χ0) is 28.0. The van der Waals surface area contributed by atoms with E-state index in [1.807, 2.05) is 57.2 Å². The number of amides is 1. The molecule has 1 unspecified atom stereocenters. The minimum Gasteiger partial charge on any atom is -0.503 e. The maximum Gasteiger partial charge on any atom is 0.328 e. The van der Waals surface area contributed by atoms with Crippen LogP contribution in [0.1, 0.15) is 52.5 Å². The lowest BCUT2D eigenvalue weighted by atomic mass is 9.82. The van der Waals surface area contributed by atoms with E-state index in [2.05, 4.69) is 10.3 Å². The number of aromatic hydroxyl groups is 1. The van der Waals surface area contributed by atoms with E-state index in [0.717, 1.165) is 33.8 Å². The molecule has 0 aliphatic carbocycles. The third-order valence-corrected chi connectivity index (χ3v) is 6.56. The number of ether oxygens (including phenoxy) is 4. The lowest BCUT2D eigenvalue weighted by Gasteiger charge is -2.29. The van der Waals surface area contributed by atoms with Crippen LogP contribution in [-0.2, 0) is 9.53 Å². The zero-order valence-corrected chi connectivity index (χ0v) is 22.7. The Morgan fingerprint density at radius 1 is 0.842 bits per heavy atom. The SMILES string of the molecule is COc1cccc(C(c2cccc(OC)c2C)C(C)OC(=O)[C@H](C)NC(=O)c2nccc(OC)c2O)c1C. The molecular weight excluding hydrogens is 488 g/mol. The molecule has 2 N–H and O–H groups in total. The second-order valence-corrected chi connectivity index (χ2v) is 8.87. The molecule has 3 aromatic rings. The number of methoxy groups -OCH3 is 3. The summed E-state index contributed by atoms with van der Waals surface area (Å²) in [5.74, 6) is -0.601. The van der Waals surface area contributed by atoms with Gasteiger partial charge in [-0.15, -0.1) is 0 Å². The highest BCUT2D eigenvalue weighted by Crippen LogP contribution is 2.38. The molecule has 1 heterocycles. The van der Waals surface area contributed by atoms with Crippen LogP contribution < -0.4 is 19.5 Å². The number of benzene rings is 2. The first kappa shape index (κ1) is 28.3. The highest BCUT2D eigenvalue weighted by Gasteiger charge is 2.31. The topological polar surface area (TPSA) is 116 Å². The quantitative estimate of drug-likeness (QED) is 0.379. The number of rotatable bonds is 10. The molecule has 0 saturated carbocycles. The molecule has 202 valence electrons. The van der Waals surface area contributed by atoms with Crippen molar-refractivity contribution in [1.29, 1.82) is 0 Å². The van der Waals surface area contributed by atoms with Gasteiger partial charge in [-0.2, -0.15) is 0 Å². The molecule has 2 aromatic carbocycles. The van der Waals surface area contributed by atoms with Crippen molar-refractivity contribution in [2.75, 3.05) is 21.3 Å². The summed E-state index contributed by atoms with van der Waals surface area (Å²) in [6.07, 6.45) is 0.706. The van der Waals surface area contributed by atoms with Crippen LogP contribution in [0.5, 0.6) is 23.0 Å². The predicted molar refractivity (Wildman–Crippen MR) is 142 cm³/mol. The number of pyridine rings is 1. The van der Waals surface area contributed by atoms with E-state index in [1.165, 1.54) is 26.3 Å². The van der Waals surface area contributed by atoms with E-state index in [4.69, 9.17) is 18.9 Å². The van der Waals surface area contributed by atoms with Crippen LogP contribution in [0.4, 0.5) is 0 Å². The number of hydrogen-bond acceptors (Lipinski definition) is 8. The van der Waals surface area contributed by atoms with Gasteiger partial charge in [0.25, 0.3) is 5.91 Å². The average Bonchev–Trinajstić information content (AvgIpc) is 2.90. The van der Waals surface area contributed by atoms with Gasteiger partial charge in [0.1, 0.15) is 23.6 Å². The Morgan fingerprint density at radius 2 is 1.37 bits per heavy atom. The summed E-state index contributed by atoms with van der Waals surface area (Å²) in [7, 11) is 4.59. The largest absolute Gasteiger partial charge is 0.503 e. The normalized spacial score (nSPS) is 12.4. The van der Waals surface area contributed by atoms with Crippen LogP contribution in [0.25, 0.3) is 0 Å². The first-order chi connectivity index (χ1) is 18.1. The van der Waals surface area contributed by atoms with Crippen molar-refractivity contribution in [2.24, 2.45) is 0 Å². The monoisotopic (exact) mass is 522 g/mol. The van der Waals surface area contributed by atoms with Gasteiger partial charge in [-0.05, 0) is 62.1 Å². The smallest absolute Gasteiger partial charge is 0.328 e. The predicted octanol–water partition coefficient (Wildman–Crippen LogP) is 4.31. The number of nitrogens with one attached hydrogen (secondary N) is 1. The van der Waals surface area contributed by atoms with E-state index in [0.29, 0.717) is 0 Å². The summed E-state index contributed by atoms with van der Waals surface area (Å²) in [5, 5.41) is 12.8. The van der Waals surface area contributed by atoms with Gasteiger partial charge in [-0.3, -0.25) is 4.79 Å². The van der Waals surface area contributed by atoms with Crippen molar-refractivity contribution in [1.82, 2.24) is 10.3 Å². The van der Waals surface area contributed by atoms with Gasteiger partial charge in [0.05, 0.1) is 21.3 Å². The number of hydrogen-bond donors (Lipinski definition) is 2. The number of esters is 1. The second kappa shape index (κ2) is 12.3. The molecule has 0 radical (unpaired) electrons. The average molecular weight is 523 g/mol. The van der Waals surface area contributed by atoms with E-state index in [-0.39, 0.29) is 17.4 Å². The van der Waals surface area contributed by atoms with Gasteiger partial charge >= 0.3 is 5.97 Å². The molecule has 1 aromatic heterocycles. The van der Waals surface area contributed by atoms with E-state index in [9.17, 15) is 14.7 Å². The van der Waals surface area contributed by atoms with Crippen molar-refractivity contribution in [3.8, 4) is 23.0 Å². The Morgan fingerprint density at radius 3 is 1.87 bits per heavy atom. The summed E-state index contributed by atoms with van der Waals surface area (Å²) in [5.41, 5.74) is 3.46. The van der Waals surface area contributed by atoms with Crippen LogP contribution in [0.15, 0.2) is 48.7 Å². The Balaban J connectivity index is 1.90. The number of nitrogens with zero attached hydrogens (tertiary/aromatic N) is 1. The van der Waals surface area contributed by atoms with Crippen molar-refractivity contribution in [3.63, 3.8) is 0 Å². The molecule has 0 spiro atoms. The molecule has 0 aliphatic rings. The highest BCUT2D eigenvalue weighted by molar-refractivity contribution is 5.97. The molecule has 0 saturated heterocycles. The minimum absolute atomic E-state index is 0.0964. The maximum atomic E-state index is 13.1. The molecule has 3 rings (SSSR count). The Bertz CT molecular complexity index is 1250. The first-order valence-electron chi connectivity index (χ1n) is 12.1. The molecule has 9 heteroatoms. The lowest BCUT2D eigenvalue weighted by Crippen LogP contribution is -2.41. The van der Waals surface area contributed by atoms with Crippen LogP contribution in [0, 0.1) is 13.8 Å². The molecule has 0 fully saturated rings. The molecule has 1 amide bonds. The fourth-order valence-corrected chi connectivity index (χ4v) is 4.50. The van der Waals surface area contributed by atoms with Crippen molar-refractivity contribution in [3.05, 3.63) is 76.6 Å². The van der Waals surface area contributed by atoms with Crippen molar-refractivity contribution < 1.29 is 33.6 Å². The van der Waals surface area contributed by atoms with E-state index < -0.39 is 29.8 Å².